The molecule has 0 bridgehead atoms. The smallest absolute Gasteiger partial charge is 0.251 e. The van der Waals surface area contributed by atoms with Crippen molar-refractivity contribution in [2.75, 3.05) is 44.2 Å². The van der Waals surface area contributed by atoms with E-state index in [1.54, 1.807) is 11.3 Å². The molecule has 0 aliphatic carbocycles. The number of anilines is 1. The van der Waals surface area contributed by atoms with E-state index >= 15 is 0 Å². The molecule has 2 aliphatic rings. The van der Waals surface area contributed by atoms with E-state index in [2.05, 4.69) is 35.9 Å². The molecule has 0 spiro atoms. The number of carbonyl (C=O) groups is 1. The second-order valence-corrected chi connectivity index (χ2v) is 10.7. The molecule has 5 nitrogen and oxygen atoms in total. The number of hydrogen-bond acceptors (Lipinski definition) is 5. The van der Waals surface area contributed by atoms with Crippen molar-refractivity contribution in [3.63, 3.8) is 0 Å². The van der Waals surface area contributed by atoms with Crippen LogP contribution in [0.2, 0.25) is 0 Å². The number of fused-ring (bicyclic) bond motifs is 1. The summed E-state index contributed by atoms with van der Waals surface area (Å²) in [5, 5.41) is 4.21. The molecular weight excluding hydrogens is 392 g/mol. The Balaban J connectivity index is 1.29. The van der Waals surface area contributed by atoms with Crippen molar-refractivity contribution in [3.05, 3.63) is 23.8 Å². The molecule has 0 unspecified atom stereocenters. The van der Waals surface area contributed by atoms with Crippen LogP contribution in [0.1, 0.15) is 56.8 Å². The quantitative estimate of drug-likeness (QED) is 0.682. The highest BCUT2D eigenvalue weighted by atomic mass is 32.1. The van der Waals surface area contributed by atoms with Gasteiger partial charge in [0.05, 0.1) is 10.2 Å². The number of carbonyl (C=O) groups excluding carboxylic acids is 1. The third-order valence-electron chi connectivity index (χ3n) is 6.57. The Labute approximate surface area is 184 Å². The van der Waals surface area contributed by atoms with Gasteiger partial charge in [0.25, 0.3) is 5.91 Å². The van der Waals surface area contributed by atoms with Crippen LogP contribution >= 0.6 is 11.3 Å². The molecular formula is C24H36N4OS. The summed E-state index contributed by atoms with van der Waals surface area (Å²) in [7, 11) is 0. The Morgan fingerprint density at radius 3 is 2.60 bits per heavy atom. The Hall–Kier alpha value is -1.66. The number of nitrogens with one attached hydrogen (secondary N) is 1. The van der Waals surface area contributed by atoms with Crippen molar-refractivity contribution in [1.29, 1.82) is 0 Å². The second-order valence-electron chi connectivity index (χ2n) is 9.66. The number of likely N-dealkylation sites (tertiary alicyclic amines) is 1. The molecule has 3 heterocycles. The van der Waals surface area contributed by atoms with Gasteiger partial charge >= 0.3 is 0 Å². The average molecular weight is 429 g/mol. The first-order valence-corrected chi connectivity index (χ1v) is 12.5. The van der Waals surface area contributed by atoms with Crippen LogP contribution in [-0.4, -0.2) is 55.1 Å². The third-order valence-corrected chi connectivity index (χ3v) is 7.65. The minimum Gasteiger partial charge on any atom is -0.352 e. The summed E-state index contributed by atoms with van der Waals surface area (Å²) in [6.07, 6.45) is 4.81. The van der Waals surface area contributed by atoms with Crippen molar-refractivity contribution < 1.29 is 4.79 Å². The van der Waals surface area contributed by atoms with Gasteiger partial charge in [-0.1, -0.05) is 32.1 Å². The van der Waals surface area contributed by atoms with Crippen LogP contribution in [-0.2, 0) is 0 Å². The zero-order valence-corrected chi connectivity index (χ0v) is 19.5. The highest BCUT2D eigenvalue weighted by Crippen LogP contribution is 2.32. The van der Waals surface area contributed by atoms with E-state index in [0.29, 0.717) is 0 Å². The Bertz CT molecular complexity index is 848. The van der Waals surface area contributed by atoms with Crippen molar-refractivity contribution in [1.82, 2.24) is 15.2 Å². The molecule has 1 aromatic carbocycles. The molecule has 4 rings (SSSR count). The maximum absolute atomic E-state index is 12.6. The number of benzene rings is 1. The summed E-state index contributed by atoms with van der Waals surface area (Å²) >= 11 is 1.71. The number of amides is 1. The lowest BCUT2D eigenvalue weighted by Crippen LogP contribution is -2.40. The largest absolute Gasteiger partial charge is 0.352 e. The number of hydrogen-bond donors (Lipinski definition) is 1. The maximum atomic E-state index is 12.6. The monoisotopic (exact) mass is 428 g/mol. The molecule has 164 valence electrons. The van der Waals surface area contributed by atoms with Crippen LogP contribution < -0.4 is 10.2 Å². The van der Waals surface area contributed by atoms with Crippen molar-refractivity contribution in [3.8, 4) is 0 Å². The lowest BCUT2D eigenvalue weighted by atomic mass is 9.92. The number of thiazole rings is 1. The predicted octanol–water partition coefficient (Wildman–Crippen LogP) is 4.63. The molecule has 2 aromatic rings. The molecule has 1 N–H and O–H groups in total. The van der Waals surface area contributed by atoms with Crippen molar-refractivity contribution in [2.24, 2.45) is 17.8 Å². The SMILES string of the molecule is CC1CCN(c2nc3ccc(C(=O)NCCCN4C[C@H](C)C[C@H](C)C4)cc3s2)CC1. The van der Waals surface area contributed by atoms with E-state index < -0.39 is 0 Å². The average Bonchev–Trinajstić information content (AvgIpc) is 3.14. The fourth-order valence-electron chi connectivity index (χ4n) is 4.97. The van der Waals surface area contributed by atoms with Gasteiger partial charge in [0, 0.05) is 38.3 Å². The lowest BCUT2D eigenvalue weighted by molar-refractivity contribution is 0.0947. The van der Waals surface area contributed by atoms with E-state index in [0.717, 1.165) is 71.3 Å². The Morgan fingerprint density at radius 1 is 1.13 bits per heavy atom. The molecule has 6 heteroatoms. The molecule has 0 radical (unpaired) electrons. The normalized spacial score (nSPS) is 23.8. The van der Waals surface area contributed by atoms with Crippen molar-refractivity contribution in [2.45, 2.75) is 46.5 Å². The number of aromatic nitrogens is 1. The van der Waals surface area contributed by atoms with Gasteiger partial charge in [-0.25, -0.2) is 4.98 Å². The standard InChI is InChI=1S/C24H36N4OS/c1-17-7-11-28(12-8-17)24-26-21-6-5-20(14-22(21)30-24)23(29)25-9-4-10-27-15-18(2)13-19(3)16-27/h5-6,14,17-19H,4,7-13,15-16H2,1-3H3,(H,25,29)/t18-,19+. The summed E-state index contributed by atoms with van der Waals surface area (Å²) in [4.78, 5) is 22.4. The molecule has 2 aliphatic heterocycles. The van der Waals surface area contributed by atoms with E-state index in [9.17, 15) is 4.79 Å². The van der Waals surface area contributed by atoms with Crippen LogP contribution in [0.15, 0.2) is 18.2 Å². The molecule has 1 amide bonds. The molecule has 0 saturated carbocycles. The van der Waals surface area contributed by atoms with Gasteiger partial charge in [0.2, 0.25) is 0 Å². The van der Waals surface area contributed by atoms with E-state index in [4.69, 9.17) is 4.98 Å². The molecule has 1 aromatic heterocycles. The summed E-state index contributed by atoms with van der Waals surface area (Å²) in [6, 6.07) is 5.91. The maximum Gasteiger partial charge on any atom is 0.251 e. The van der Waals surface area contributed by atoms with Crippen molar-refractivity contribution >= 4 is 32.6 Å². The number of piperidine rings is 2. The first-order valence-electron chi connectivity index (χ1n) is 11.6. The van der Waals surface area contributed by atoms with Crippen LogP contribution in [0, 0.1) is 17.8 Å². The van der Waals surface area contributed by atoms with E-state index in [-0.39, 0.29) is 5.91 Å². The van der Waals surface area contributed by atoms with Gasteiger partial charge in [-0.05, 0) is 68.2 Å². The molecule has 30 heavy (non-hydrogen) atoms. The topological polar surface area (TPSA) is 48.5 Å². The van der Waals surface area contributed by atoms with E-state index in [1.165, 1.54) is 32.4 Å². The second kappa shape index (κ2) is 9.65. The Kier molecular flexibility index (Phi) is 6.94. The van der Waals surface area contributed by atoms with Gasteiger partial charge < -0.3 is 15.1 Å². The summed E-state index contributed by atoms with van der Waals surface area (Å²) in [5.74, 6) is 2.41. The molecule has 2 fully saturated rings. The van der Waals surface area contributed by atoms with Gasteiger partial charge in [0.1, 0.15) is 0 Å². The van der Waals surface area contributed by atoms with Gasteiger partial charge in [-0.3, -0.25) is 4.79 Å². The highest BCUT2D eigenvalue weighted by molar-refractivity contribution is 7.22. The fourth-order valence-corrected chi connectivity index (χ4v) is 6.03. The van der Waals surface area contributed by atoms with Crippen LogP contribution in [0.5, 0.6) is 0 Å². The number of nitrogens with zero attached hydrogens (tertiary/aromatic N) is 3. The summed E-state index contributed by atoms with van der Waals surface area (Å²) in [5.41, 5.74) is 1.74. The summed E-state index contributed by atoms with van der Waals surface area (Å²) in [6.45, 7) is 13.4. The fraction of sp³-hybridized carbons (Fsp3) is 0.667. The van der Waals surface area contributed by atoms with Crippen LogP contribution in [0.25, 0.3) is 10.2 Å². The summed E-state index contributed by atoms with van der Waals surface area (Å²) < 4.78 is 1.10. The zero-order valence-electron chi connectivity index (χ0n) is 18.7. The minimum atomic E-state index is 0.0269. The highest BCUT2D eigenvalue weighted by Gasteiger charge is 2.21. The number of rotatable bonds is 6. The van der Waals surface area contributed by atoms with Crippen LogP contribution in [0.4, 0.5) is 5.13 Å². The Morgan fingerprint density at radius 2 is 1.87 bits per heavy atom. The molecule has 2 atom stereocenters. The van der Waals surface area contributed by atoms with Crippen LogP contribution in [0.3, 0.4) is 0 Å². The molecule has 2 saturated heterocycles. The first kappa shape index (κ1) is 21.6. The lowest BCUT2D eigenvalue weighted by Gasteiger charge is -2.34. The third kappa shape index (κ3) is 5.33. The van der Waals surface area contributed by atoms with E-state index in [1.807, 2.05) is 18.2 Å². The first-order chi connectivity index (χ1) is 14.5. The van der Waals surface area contributed by atoms with Gasteiger partial charge in [-0.15, -0.1) is 0 Å². The van der Waals surface area contributed by atoms with Gasteiger partial charge in [0.15, 0.2) is 5.13 Å². The minimum absolute atomic E-state index is 0.0269. The predicted molar refractivity (Wildman–Crippen MR) is 127 cm³/mol. The van der Waals surface area contributed by atoms with Gasteiger partial charge in [-0.2, -0.15) is 0 Å². The zero-order chi connectivity index (χ0) is 21.1.